The summed E-state index contributed by atoms with van der Waals surface area (Å²) in [7, 11) is 1.60. The molecule has 5 nitrogen and oxygen atoms in total. The summed E-state index contributed by atoms with van der Waals surface area (Å²) in [6, 6.07) is 7.18. The lowest BCUT2D eigenvalue weighted by Crippen LogP contribution is -2.28. The Labute approximate surface area is 107 Å². The van der Waals surface area contributed by atoms with E-state index in [-0.39, 0.29) is 19.1 Å². The molecule has 0 aliphatic rings. The normalized spacial score (nSPS) is 10.1. The van der Waals surface area contributed by atoms with Gasteiger partial charge < -0.3 is 20.5 Å². The Balaban J connectivity index is 2.22. The summed E-state index contributed by atoms with van der Waals surface area (Å²) >= 11 is 0. The zero-order chi connectivity index (χ0) is 13.2. The summed E-state index contributed by atoms with van der Waals surface area (Å²) in [5.41, 5.74) is 0.748. The van der Waals surface area contributed by atoms with Crippen molar-refractivity contribution >= 4 is 11.6 Å². The molecule has 1 aromatic rings. The van der Waals surface area contributed by atoms with Gasteiger partial charge in [-0.25, -0.2) is 0 Å². The molecule has 5 heteroatoms. The van der Waals surface area contributed by atoms with Crippen molar-refractivity contribution in [2.45, 2.75) is 12.8 Å². The third kappa shape index (κ3) is 5.65. The molecule has 100 valence electrons. The van der Waals surface area contributed by atoms with Gasteiger partial charge in [0, 0.05) is 12.3 Å². The summed E-state index contributed by atoms with van der Waals surface area (Å²) in [5.74, 6) is 0.680. The molecule has 0 heterocycles. The number of unbranched alkanes of at least 4 members (excludes halogenated alkanes) is 1. The molecule has 0 bridgehead atoms. The minimum atomic E-state index is -0.0795. The first-order valence-corrected chi connectivity index (χ1v) is 6.01. The maximum absolute atomic E-state index is 11.5. The van der Waals surface area contributed by atoms with Crippen LogP contribution in [0.4, 0.5) is 5.69 Å². The number of carbonyl (C=O) groups is 1. The van der Waals surface area contributed by atoms with Gasteiger partial charge in [-0.2, -0.15) is 0 Å². The monoisotopic (exact) mass is 252 g/mol. The van der Waals surface area contributed by atoms with Crippen LogP contribution in [0.3, 0.4) is 0 Å². The number of amides is 1. The highest BCUT2D eigenvalue weighted by Crippen LogP contribution is 2.14. The fourth-order valence-electron chi connectivity index (χ4n) is 1.44. The number of aliphatic hydroxyl groups is 1. The maximum Gasteiger partial charge on any atom is 0.238 e. The van der Waals surface area contributed by atoms with Gasteiger partial charge in [0.2, 0.25) is 5.91 Å². The van der Waals surface area contributed by atoms with Crippen LogP contribution in [-0.4, -0.2) is 37.8 Å². The quantitative estimate of drug-likeness (QED) is 0.604. The first-order valence-electron chi connectivity index (χ1n) is 6.01. The largest absolute Gasteiger partial charge is 0.497 e. The second kappa shape index (κ2) is 8.49. The molecular weight excluding hydrogens is 232 g/mol. The lowest BCUT2D eigenvalue weighted by Gasteiger charge is -2.07. The lowest BCUT2D eigenvalue weighted by atomic mass is 10.3. The number of carbonyl (C=O) groups excluding carboxylic acids is 1. The van der Waals surface area contributed by atoms with Gasteiger partial charge in [-0.3, -0.25) is 4.79 Å². The summed E-state index contributed by atoms with van der Waals surface area (Å²) in [6.07, 6.45) is 1.62. The average molecular weight is 252 g/mol. The van der Waals surface area contributed by atoms with Crippen molar-refractivity contribution in [3.63, 3.8) is 0 Å². The van der Waals surface area contributed by atoms with Gasteiger partial charge >= 0.3 is 0 Å². The van der Waals surface area contributed by atoms with Gasteiger partial charge in [0.15, 0.2) is 0 Å². The van der Waals surface area contributed by atoms with Gasteiger partial charge in [-0.1, -0.05) is 0 Å². The number of rotatable bonds is 8. The van der Waals surface area contributed by atoms with E-state index in [0.717, 1.165) is 30.8 Å². The van der Waals surface area contributed by atoms with Gasteiger partial charge in [0.1, 0.15) is 5.75 Å². The minimum absolute atomic E-state index is 0.0795. The Hall–Kier alpha value is -1.59. The van der Waals surface area contributed by atoms with Crippen molar-refractivity contribution < 1.29 is 14.6 Å². The molecule has 0 aliphatic heterocycles. The van der Waals surface area contributed by atoms with E-state index < -0.39 is 0 Å². The predicted octanol–water partition coefficient (Wildman–Crippen LogP) is 0.996. The molecule has 1 amide bonds. The molecule has 0 saturated carbocycles. The van der Waals surface area contributed by atoms with E-state index >= 15 is 0 Å². The smallest absolute Gasteiger partial charge is 0.238 e. The van der Waals surface area contributed by atoms with E-state index in [9.17, 15) is 4.79 Å². The Kier molecular flexibility index (Phi) is 6.83. The molecule has 0 atom stereocenters. The molecule has 0 saturated heterocycles. The van der Waals surface area contributed by atoms with Crippen molar-refractivity contribution in [2.75, 3.05) is 32.1 Å². The second-order valence-electron chi connectivity index (χ2n) is 3.88. The third-order valence-electron chi connectivity index (χ3n) is 2.42. The van der Waals surface area contributed by atoms with Gasteiger partial charge in [-0.05, 0) is 43.7 Å². The molecule has 0 aliphatic carbocycles. The van der Waals surface area contributed by atoms with Crippen molar-refractivity contribution in [3.05, 3.63) is 24.3 Å². The van der Waals surface area contributed by atoms with Crippen LogP contribution in [0.15, 0.2) is 24.3 Å². The van der Waals surface area contributed by atoms with E-state index in [2.05, 4.69) is 10.6 Å². The topological polar surface area (TPSA) is 70.6 Å². The van der Waals surface area contributed by atoms with Crippen LogP contribution >= 0.6 is 0 Å². The van der Waals surface area contributed by atoms with E-state index in [1.165, 1.54) is 0 Å². The summed E-state index contributed by atoms with van der Waals surface area (Å²) in [4.78, 5) is 11.5. The molecule has 1 rings (SSSR count). The van der Waals surface area contributed by atoms with Crippen LogP contribution in [0.1, 0.15) is 12.8 Å². The highest BCUT2D eigenvalue weighted by molar-refractivity contribution is 5.92. The van der Waals surface area contributed by atoms with Crippen molar-refractivity contribution in [2.24, 2.45) is 0 Å². The van der Waals surface area contributed by atoms with Crippen LogP contribution in [0.2, 0.25) is 0 Å². The molecular formula is C13H20N2O3. The summed E-state index contributed by atoms with van der Waals surface area (Å²) in [6.45, 7) is 1.20. The number of benzene rings is 1. The molecule has 0 unspecified atom stereocenters. The van der Waals surface area contributed by atoms with Crippen molar-refractivity contribution in [3.8, 4) is 5.75 Å². The molecule has 0 radical (unpaired) electrons. The molecule has 18 heavy (non-hydrogen) atoms. The predicted molar refractivity (Wildman–Crippen MR) is 70.8 cm³/mol. The number of hydrogen-bond acceptors (Lipinski definition) is 4. The lowest BCUT2D eigenvalue weighted by molar-refractivity contribution is -0.115. The van der Waals surface area contributed by atoms with Crippen LogP contribution in [-0.2, 0) is 4.79 Å². The fraction of sp³-hybridized carbons (Fsp3) is 0.462. The summed E-state index contributed by atoms with van der Waals surface area (Å²) < 4.78 is 5.03. The molecule has 0 fully saturated rings. The van der Waals surface area contributed by atoms with Gasteiger partial charge in [0.25, 0.3) is 0 Å². The number of nitrogens with one attached hydrogen (secondary N) is 2. The fourth-order valence-corrected chi connectivity index (χ4v) is 1.44. The van der Waals surface area contributed by atoms with E-state index in [1.807, 2.05) is 0 Å². The molecule has 1 aromatic carbocycles. The highest BCUT2D eigenvalue weighted by atomic mass is 16.5. The Morgan fingerprint density at radius 1 is 1.28 bits per heavy atom. The third-order valence-corrected chi connectivity index (χ3v) is 2.42. The van der Waals surface area contributed by atoms with Crippen LogP contribution in [0.25, 0.3) is 0 Å². The maximum atomic E-state index is 11.5. The van der Waals surface area contributed by atoms with Crippen molar-refractivity contribution in [1.29, 1.82) is 0 Å². The zero-order valence-corrected chi connectivity index (χ0v) is 10.6. The number of ether oxygens (including phenoxy) is 1. The van der Waals surface area contributed by atoms with E-state index in [4.69, 9.17) is 9.84 Å². The first-order chi connectivity index (χ1) is 8.76. The Bertz CT molecular complexity index is 352. The summed E-state index contributed by atoms with van der Waals surface area (Å²) in [5, 5.41) is 14.4. The molecule has 3 N–H and O–H groups in total. The van der Waals surface area contributed by atoms with E-state index in [0.29, 0.717) is 0 Å². The van der Waals surface area contributed by atoms with Crippen LogP contribution < -0.4 is 15.4 Å². The van der Waals surface area contributed by atoms with Crippen molar-refractivity contribution in [1.82, 2.24) is 5.32 Å². The van der Waals surface area contributed by atoms with Gasteiger partial charge in [0.05, 0.1) is 13.7 Å². The number of aliphatic hydroxyl groups excluding tert-OH is 1. The van der Waals surface area contributed by atoms with E-state index in [1.54, 1.807) is 31.4 Å². The minimum Gasteiger partial charge on any atom is -0.497 e. The molecule has 0 aromatic heterocycles. The zero-order valence-electron chi connectivity index (χ0n) is 10.6. The molecule has 0 spiro atoms. The van der Waals surface area contributed by atoms with Crippen LogP contribution in [0.5, 0.6) is 5.75 Å². The highest BCUT2D eigenvalue weighted by Gasteiger charge is 2.01. The standard InChI is InChI=1S/C13H20N2O3/c1-18-12-6-4-11(5-7-12)15-13(17)10-14-8-2-3-9-16/h4-7,14,16H,2-3,8-10H2,1H3,(H,15,17). The van der Waals surface area contributed by atoms with Gasteiger partial charge in [-0.15, -0.1) is 0 Å². The Morgan fingerprint density at radius 2 is 2.00 bits per heavy atom. The second-order valence-corrected chi connectivity index (χ2v) is 3.88. The Morgan fingerprint density at radius 3 is 2.61 bits per heavy atom. The van der Waals surface area contributed by atoms with Crippen LogP contribution in [0, 0.1) is 0 Å². The average Bonchev–Trinajstić information content (AvgIpc) is 2.39. The number of hydrogen-bond donors (Lipinski definition) is 3. The number of methoxy groups -OCH3 is 1. The number of anilines is 1. The SMILES string of the molecule is COc1ccc(NC(=O)CNCCCCO)cc1. The first kappa shape index (κ1) is 14.5.